The zero-order valence-corrected chi connectivity index (χ0v) is 9.90. The molecule has 1 unspecified atom stereocenters. The lowest BCUT2D eigenvalue weighted by Gasteiger charge is -2.42. The minimum absolute atomic E-state index is 0.279. The zero-order valence-electron chi connectivity index (χ0n) is 9.09. The van der Waals surface area contributed by atoms with Gasteiger partial charge in [-0.05, 0) is 37.2 Å². The fraction of sp³-hybridized carbons (Fsp3) is 0.909. The third-order valence-corrected chi connectivity index (χ3v) is 4.50. The Balaban J connectivity index is 2.00. The van der Waals surface area contributed by atoms with Gasteiger partial charge in [0.05, 0.1) is 5.60 Å². The first kappa shape index (κ1) is 12.3. The summed E-state index contributed by atoms with van der Waals surface area (Å²) < 4.78 is 30.5. The van der Waals surface area contributed by atoms with Crippen LogP contribution in [0.15, 0.2) is 0 Å². The van der Waals surface area contributed by atoms with Gasteiger partial charge in [0, 0.05) is 12.5 Å². The van der Waals surface area contributed by atoms with Crippen molar-refractivity contribution in [2.45, 2.75) is 37.7 Å². The third kappa shape index (κ3) is 2.56. The van der Waals surface area contributed by atoms with E-state index in [1.54, 1.807) is 0 Å². The number of thioether (sulfide) groups is 1. The molecule has 0 saturated carbocycles. The number of carbonyl (C=O) groups is 1. The molecule has 0 N–H and O–H groups in total. The Kier molecular flexibility index (Phi) is 3.85. The van der Waals surface area contributed by atoms with Gasteiger partial charge in [-0.2, -0.15) is 11.8 Å². The highest BCUT2D eigenvalue weighted by molar-refractivity contribution is 7.99. The molecular weight excluding hydrogens is 234 g/mol. The van der Waals surface area contributed by atoms with E-state index in [1.807, 2.05) is 11.8 Å². The molecule has 16 heavy (non-hydrogen) atoms. The summed E-state index contributed by atoms with van der Waals surface area (Å²) in [5.74, 6) is 0.642. The highest BCUT2D eigenvalue weighted by Gasteiger charge is 2.42. The minimum Gasteiger partial charge on any atom is -0.375 e. The van der Waals surface area contributed by atoms with Crippen LogP contribution < -0.4 is 0 Å². The van der Waals surface area contributed by atoms with Crippen LogP contribution in [0.1, 0.15) is 25.7 Å². The second-order valence-electron chi connectivity index (χ2n) is 4.54. The molecule has 2 heterocycles. The van der Waals surface area contributed by atoms with E-state index in [1.165, 1.54) is 0 Å². The van der Waals surface area contributed by atoms with Gasteiger partial charge in [0.2, 0.25) is 5.78 Å². The monoisotopic (exact) mass is 250 g/mol. The topological polar surface area (TPSA) is 26.3 Å². The van der Waals surface area contributed by atoms with Crippen molar-refractivity contribution >= 4 is 17.5 Å². The van der Waals surface area contributed by atoms with E-state index < -0.39 is 18.1 Å². The van der Waals surface area contributed by atoms with Crippen molar-refractivity contribution < 1.29 is 18.3 Å². The molecule has 0 aliphatic carbocycles. The van der Waals surface area contributed by atoms with Crippen LogP contribution in [-0.4, -0.2) is 35.9 Å². The SMILES string of the molecule is O=C(C(F)F)C1CCOC2(CCSCC2)C1. The number of hydrogen-bond donors (Lipinski definition) is 0. The van der Waals surface area contributed by atoms with E-state index in [0.717, 1.165) is 24.3 Å². The van der Waals surface area contributed by atoms with E-state index in [2.05, 4.69) is 0 Å². The number of Topliss-reactive ketones (excluding diaryl/α,β-unsaturated/α-hetero) is 1. The summed E-state index contributed by atoms with van der Waals surface area (Å²) in [4.78, 5) is 11.3. The van der Waals surface area contributed by atoms with E-state index in [0.29, 0.717) is 19.4 Å². The van der Waals surface area contributed by atoms with Gasteiger partial charge in [0.15, 0.2) is 0 Å². The Morgan fingerprint density at radius 2 is 2.06 bits per heavy atom. The van der Waals surface area contributed by atoms with Gasteiger partial charge in [-0.3, -0.25) is 4.79 Å². The van der Waals surface area contributed by atoms with Gasteiger partial charge in [-0.1, -0.05) is 0 Å². The first-order chi connectivity index (χ1) is 7.63. The van der Waals surface area contributed by atoms with Crippen molar-refractivity contribution in [3.63, 3.8) is 0 Å². The number of ether oxygens (including phenoxy) is 1. The molecule has 2 rings (SSSR count). The van der Waals surface area contributed by atoms with Crippen molar-refractivity contribution in [3.8, 4) is 0 Å². The molecule has 2 saturated heterocycles. The van der Waals surface area contributed by atoms with Crippen LogP contribution in [0.4, 0.5) is 8.78 Å². The van der Waals surface area contributed by atoms with Crippen LogP contribution in [0.2, 0.25) is 0 Å². The largest absolute Gasteiger partial charge is 0.375 e. The molecule has 0 aromatic carbocycles. The number of alkyl halides is 2. The Morgan fingerprint density at radius 1 is 1.38 bits per heavy atom. The predicted octanol–water partition coefficient (Wildman–Crippen LogP) is 2.51. The Morgan fingerprint density at radius 3 is 2.69 bits per heavy atom. The number of rotatable bonds is 2. The van der Waals surface area contributed by atoms with Gasteiger partial charge < -0.3 is 4.74 Å². The summed E-state index contributed by atoms with van der Waals surface area (Å²) in [5, 5.41) is 0. The molecule has 2 aliphatic rings. The van der Waals surface area contributed by atoms with Crippen molar-refractivity contribution in [1.29, 1.82) is 0 Å². The van der Waals surface area contributed by atoms with Gasteiger partial charge in [-0.25, -0.2) is 8.78 Å². The van der Waals surface area contributed by atoms with Crippen LogP contribution in [0, 0.1) is 5.92 Å². The maximum atomic E-state index is 12.4. The molecule has 5 heteroatoms. The summed E-state index contributed by atoms with van der Waals surface area (Å²) >= 11 is 1.87. The summed E-state index contributed by atoms with van der Waals surface area (Å²) in [6, 6.07) is 0. The van der Waals surface area contributed by atoms with E-state index in [-0.39, 0.29) is 5.60 Å². The molecule has 2 aliphatic heterocycles. The predicted molar refractivity (Wildman–Crippen MR) is 59.0 cm³/mol. The molecule has 0 aromatic rings. The van der Waals surface area contributed by atoms with Crippen LogP contribution in [0.5, 0.6) is 0 Å². The number of carbonyl (C=O) groups excluding carboxylic acids is 1. The van der Waals surface area contributed by atoms with E-state index >= 15 is 0 Å². The molecule has 2 nitrogen and oxygen atoms in total. The molecule has 0 radical (unpaired) electrons. The first-order valence-electron chi connectivity index (χ1n) is 5.67. The second kappa shape index (κ2) is 5.00. The lowest BCUT2D eigenvalue weighted by molar-refractivity contribution is -0.147. The first-order valence-corrected chi connectivity index (χ1v) is 6.82. The quantitative estimate of drug-likeness (QED) is 0.753. The minimum atomic E-state index is -2.82. The molecule has 0 amide bonds. The lowest BCUT2D eigenvalue weighted by Crippen LogP contribution is -2.45. The van der Waals surface area contributed by atoms with Crippen LogP contribution in [-0.2, 0) is 9.53 Å². The van der Waals surface area contributed by atoms with Crippen molar-refractivity contribution in [2.24, 2.45) is 5.92 Å². The zero-order chi connectivity index (χ0) is 11.6. The highest BCUT2D eigenvalue weighted by atomic mass is 32.2. The van der Waals surface area contributed by atoms with Crippen LogP contribution in [0.3, 0.4) is 0 Å². The average molecular weight is 250 g/mol. The standard InChI is InChI=1S/C11H16F2O2S/c12-10(13)9(14)8-1-4-15-11(7-8)2-5-16-6-3-11/h8,10H,1-7H2. The molecule has 2 fully saturated rings. The van der Waals surface area contributed by atoms with Gasteiger partial charge in [-0.15, -0.1) is 0 Å². The van der Waals surface area contributed by atoms with Gasteiger partial charge >= 0.3 is 0 Å². The van der Waals surface area contributed by atoms with E-state index in [9.17, 15) is 13.6 Å². The number of ketones is 1. The highest BCUT2D eigenvalue weighted by Crippen LogP contribution is 2.40. The normalized spacial score (nSPS) is 29.6. The van der Waals surface area contributed by atoms with Crippen molar-refractivity contribution in [2.75, 3.05) is 18.1 Å². The number of halogens is 2. The summed E-state index contributed by atoms with van der Waals surface area (Å²) in [7, 11) is 0. The maximum Gasteiger partial charge on any atom is 0.296 e. The molecule has 0 aromatic heterocycles. The van der Waals surface area contributed by atoms with Crippen molar-refractivity contribution in [3.05, 3.63) is 0 Å². The lowest BCUT2D eigenvalue weighted by atomic mass is 9.80. The van der Waals surface area contributed by atoms with E-state index in [4.69, 9.17) is 4.74 Å². The van der Waals surface area contributed by atoms with Gasteiger partial charge in [0.1, 0.15) is 0 Å². The number of hydrogen-bond acceptors (Lipinski definition) is 3. The molecule has 1 atom stereocenters. The van der Waals surface area contributed by atoms with Gasteiger partial charge in [0.25, 0.3) is 6.43 Å². The Bertz CT molecular complexity index is 259. The summed E-state index contributed by atoms with van der Waals surface area (Å²) in [5.41, 5.74) is -0.279. The third-order valence-electron chi connectivity index (χ3n) is 3.51. The van der Waals surface area contributed by atoms with Crippen molar-refractivity contribution in [1.82, 2.24) is 0 Å². The Hall–Kier alpha value is -0.160. The molecular formula is C11H16F2O2S. The van der Waals surface area contributed by atoms with Crippen LogP contribution in [0.25, 0.3) is 0 Å². The Labute approximate surface area is 98.1 Å². The average Bonchev–Trinajstić information content (AvgIpc) is 2.29. The second-order valence-corrected chi connectivity index (χ2v) is 5.76. The molecule has 1 spiro atoms. The van der Waals surface area contributed by atoms with Crippen LogP contribution >= 0.6 is 11.8 Å². The molecule has 92 valence electrons. The smallest absolute Gasteiger partial charge is 0.296 e. The fourth-order valence-electron chi connectivity index (χ4n) is 2.54. The fourth-order valence-corrected chi connectivity index (χ4v) is 3.78. The summed E-state index contributed by atoms with van der Waals surface area (Å²) in [6.07, 6.45) is -0.0809. The molecule has 0 bridgehead atoms. The maximum absolute atomic E-state index is 12.4. The summed E-state index contributed by atoms with van der Waals surface area (Å²) in [6.45, 7) is 0.452.